The molecule has 4 aromatic rings. The van der Waals surface area contributed by atoms with Crippen molar-refractivity contribution in [2.75, 3.05) is 0 Å². The molecule has 4 rings (SSSR count). The minimum absolute atomic E-state index is 0.268. The molecular formula is C18H14BrN3O2S. The van der Waals surface area contributed by atoms with Gasteiger partial charge >= 0.3 is 0 Å². The Morgan fingerprint density at radius 2 is 1.96 bits per heavy atom. The molecular weight excluding hydrogens is 402 g/mol. The Morgan fingerprint density at radius 1 is 1.16 bits per heavy atom. The van der Waals surface area contributed by atoms with Crippen molar-refractivity contribution in [1.29, 1.82) is 0 Å². The van der Waals surface area contributed by atoms with Crippen LogP contribution in [0.25, 0.3) is 21.5 Å². The van der Waals surface area contributed by atoms with Crippen molar-refractivity contribution in [3.63, 3.8) is 0 Å². The van der Waals surface area contributed by atoms with Gasteiger partial charge in [0.2, 0.25) is 5.88 Å². The highest BCUT2D eigenvalue weighted by atomic mass is 79.9. The van der Waals surface area contributed by atoms with Crippen LogP contribution in [0.1, 0.15) is 16.2 Å². The molecule has 0 radical (unpaired) electrons. The fourth-order valence-electron chi connectivity index (χ4n) is 2.54. The number of halogens is 1. The molecule has 1 aromatic carbocycles. The summed E-state index contributed by atoms with van der Waals surface area (Å²) in [7, 11) is 0. The van der Waals surface area contributed by atoms with E-state index in [2.05, 4.69) is 44.9 Å². The van der Waals surface area contributed by atoms with Crippen LogP contribution in [0.3, 0.4) is 0 Å². The summed E-state index contributed by atoms with van der Waals surface area (Å²) in [6.45, 7) is 4.40. The number of rotatable bonds is 4. The maximum absolute atomic E-state index is 5.88. The summed E-state index contributed by atoms with van der Waals surface area (Å²) < 4.78 is 12.3. The number of aromatic nitrogens is 3. The molecule has 0 N–H and O–H groups in total. The smallest absolute Gasteiger partial charge is 0.226 e. The molecule has 0 saturated carbocycles. The highest BCUT2D eigenvalue weighted by Crippen LogP contribution is 2.34. The number of hydrogen-bond donors (Lipinski definition) is 0. The van der Waals surface area contributed by atoms with Gasteiger partial charge in [-0.15, -0.1) is 11.3 Å². The third kappa shape index (κ3) is 3.17. The van der Waals surface area contributed by atoms with E-state index in [1.807, 2.05) is 30.3 Å². The normalized spacial score (nSPS) is 11.2. The van der Waals surface area contributed by atoms with Crippen molar-refractivity contribution in [2.45, 2.75) is 20.5 Å². The summed E-state index contributed by atoms with van der Waals surface area (Å²) in [6, 6.07) is 9.79. The topological polar surface area (TPSA) is 61.0 Å². The van der Waals surface area contributed by atoms with Crippen LogP contribution in [0.15, 0.2) is 45.7 Å². The van der Waals surface area contributed by atoms with Crippen LogP contribution in [-0.2, 0) is 6.61 Å². The molecule has 5 nitrogen and oxygen atoms in total. The Balaban J connectivity index is 1.55. The molecule has 126 valence electrons. The summed E-state index contributed by atoms with van der Waals surface area (Å²) in [6.07, 6.45) is 1.53. The van der Waals surface area contributed by atoms with Crippen LogP contribution < -0.4 is 4.74 Å². The lowest BCUT2D eigenvalue weighted by atomic mass is 10.1. The minimum atomic E-state index is 0.268. The molecule has 0 atom stereocenters. The lowest BCUT2D eigenvalue weighted by Crippen LogP contribution is -1.97. The molecule has 0 aliphatic rings. The first-order valence-corrected chi connectivity index (χ1v) is 9.28. The molecule has 0 bridgehead atoms. The van der Waals surface area contributed by atoms with Crippen LogP contribution in [0.5, 0.6) is 5.88 Å². The molecule has 0 amide bonds. The molecule has 0 saturated heterocycles. The Kier molecular flexibility index (Phi) is 4.27. The van der Waals surface area contributed by atoms with Crippen LogP contribution in [0.2, 0.25) is 0 Å². The zero-order valence-corrected chi connectivity index (χ0v) is 16.0. The summed E-state index contributed by atoms with van der Waals surface area (Å²) in [5.41, 5.74) is 2.93. The zero-order valence-electron chi connectivity index (χ0n) is 13.6. The highest BCUT2D eigenvalue weighted by molar-refractivity contribution is 9.10. The van der Waals surface area contributed by atoms with E-state index in [1.54, 1.807) is 11.3 Å². The standard InChI is InChI=1S/C18H14BrN3O2S/c1-10-11(2)25-18-16(10)17(20-9-21-18)23-8-14-7-15(22-24-14)12-3-5-13(19)6-4-12/h3-7,9H,8H2,1-2H3. The second-order valence-electron chi connectivity index (χ2n) is 5.62. The number of hydrogen-bond acceptors (Lipinski definition) is 6. The van der Waals surface area contributed by atoms with Crippen molar-refractivity contribution in [3.8, 4) is 17.1 Å². The molecule has 3 aromatic heterocycles. The van der Waals surface area contributed by atoms with Crippen LogP contribution in [0, 0.1) is 13.8 Å². The lowest BCUT2D eigenvalue weighted by molar-refractivity contribution is 0.244. The molecule has 25 heavy (non-hydrogen) atoms. The third-order valence-electron chi connectivity index (χ3n) is 3.98. The van der Waals surface area contributed by atoms with E-state index in [0.717, 1.165) is 31.5 Å². The molecule has 0 aliphatic heterocycles. The van der Waals surface area contributed by atoms with Gasteiger partial charge in [-0.05, 0) is 31.5 Å². The third-order valence-corrected chi connectivity index (χ3v) is 5.62. The maximum Gasteiger partial charge on any atom is 0.226 e. The van der Waals surface area contributed by atoms with E-state index in [-0.39, 0.29) is 6.61 Å². The van der Waals surface area contributed by atoms with Crippen LogP contribution in [0.4, 0.5) is 0 Å². The number of fused-ring (bicyclic) bond motifs is 1. The Morgan fingerprint density at radius 3 is 2.76 bits per heavy atom. The van der Waals surface area contributed by atoms with Gasteiger partial charge in [0, 0.05) is 21.0 Å². The molecule has 0 spiro atoms. The first kappa shape index (κ1) is 16.2. The van der Waals surface area contributed by atoms with Gasteiger partial charge in [0.05, 0.1) is 5.39 Å². The number of benzene rings is 1. The monoisotopic (exact) mass is 415 g/mol. The van der Waals surface area contributed by atoms with Gasteiger partial charge in [-0.3, -0.25) is 0 Å². The first-order chi connectivity index (χ1) is 12.1. The maximum atomic E-state index is 5.88. The molecule has 0 aliphatic carbocycles. The Bertz CT molecular complexity index is 1040. The quantitative estimate of drug-likeness (QED) is 0.452. The first-order valence-electron chi connectivity index (χ1n) is 7.67. The van der Waals surface area contributed by atoms with Gasteiger partial charge in [-0.1, -0.05) is 33.2 Å². The van der Waals surface area contributed by atoms with Crippen molar-refractivity contribution < 1.29 is 9.26 Å². The largest absolute Gasteiger partial charge is 0.469 e. The molecule has 0 fully saturated rings. The second-order valence-corrected chi connectivity index (χ2v) is 7.74. The number of thiophene rings is 1. The van der Waals surface area contributed by atoms with E-state index in [9.17, 15) is 0 Å². The number of ether oxygens (including phenoxy) is 1. The fourth-order valence-corrected chi connectivity index (χ4v) is 3.79. The fraction of sp³-hybridized carbons (Fsp3) is 0.167. The predicted octanol–water partition coefficient (Wildman–Crippen LogP) is 5.30. The predicted molar refractivity (Wildman–Crippen MR) is 101 cm³/mol. The van der Waals surface area contributed by atoms with E-state index >= 15 is 0 Å². The summed E-state index contributed by atoms with van der Waals surface area (Å²) >= 11 is 5.07. The summed E-state index contributed by atoms with van der Waals surface area (Å²) in [5, 5.41) is 5.08. The molecule has 0 unspecified atom stereocenters. The van der Waals surface area contributed by atoms with Gasteiger partial charge in [0.25, 0.3) is 0 Å². The van der Waals surface area contributed by atoms with Gasteiger partial charge in [0.15, 0.2) is 12.4 Å². The SMILES string of the molecule is Cc1sc2ncnc(OCc3cc(-c4ccc(Br)cc4)no3)c2c1C. The van der Waals surface area contributed by atoms with Gasteiger partial charge in [-0.2, -0.15) is 0 Å². The van der Waals surface area contributed by atoms with Gasteiger partial charge in [-0.25, -0.2) is 9.97 Å². The molecule has 7 heteroatoms. The highest BCUT2D eigenvalue weighted by Gasteiger charge is 2.14. The lowest BCUT2D eigenvalue weighted by Gasteiger charge is -2.04. The van der Waals surface area contributed by atoms with Gasteiger partial charge < -0.3 is 9.26 Å². The molecule has 3 heterocycles. The second kappa shape index (κ2) is 6.57. The van der Waals surface area contributed by atoms with E-state index in [4.69, 9.17) is 9.26 Å². The summed E-state index contributed by atoms with van der Waals surface area (Å²) in [4.78, 5) is 10.8. The summed E-state index contributed by atoms with van der Waals surface area (Å²) in [5.74, 6) is 1.22. The van der Waals surface area contributed by atoms with E-state index in [0.29, 0.717) is 11.6 Å². The van der Waals surface area contributed by atoms with E-state index in [1.165, 1.54) is 11.2 Å². The van der Waals surface area contributed by atoms with Crippen LogP contribution in [-0.4, -0.2) is 15.1 Å². The average molecular weight is 416 g/mol. The van der Waals surface area contributed by atoms with E-state index < -0.39 is 0 Å². The van der Waals surface area contributed by atoms with Crippen molar-refractivity contribution >= 4 is 37.5 Å². The van der Waals surface area contributed by atoms with Crippen molar-refractivity contribution in [1.82, 2.24) is 15.1 Å². The Hall–Kier alpha value is -2.25. The average Bonchev–Trinajstić information content (AvgIpc) is 3.19. The Labute approximate surface area is 156 Å². The minimum Gasteiger partial charge on any atom is -0.469 e. The number of aryl methyl sites for hydroxylation is 2. The van der Waals surface area contributed by atoms with Gasteiger partial charge in [0.1, 0.15) is 16.9 Å². The number of nitrogens with zero attached hydrogens (tertiary/aromatic N) is 3. The van der Waals surface area contributed by atoms with Crippen molar-refractivity contribution in [3.05, 3.63) is 57.3 Å². The van der Waals surface area contributed by atoms with Crippen LogP contribution >= 0.6 is 27.3 Å². The van der Waals surface area contributed by atoms with Crippen molar-refractivity contribution in [2.24, 2.45) is 0 Å². The zero-order chi connectivity index (χ0) is 17.4.